The molecular weight excluding hydrogens is 292 g/mol. The van der Waals surface area contributed by atoms with Gasteiger partial charge in [-0.15, -0.1) is 11.3 Å². The van der Waals surface area contributed by atoms with Crippen LogP contribution in [0.4, 0.5) is 0 Å². The minimum Gasteiger partial charge on any atom is -0.339 e. The van der Waals surface area contributed by atoms with E-state index in [9.17, 15) is 0 Å². The van der Waals surface area contributed by atoms with E-state index in [1.807, 2.05) is 11.4 Å². The first-order valence-electron chi connectivity index (χ1n) is 6.18. The Labute approximate surface area is 124 Å². The van der Waals surface area contributed by atoms with Gasteiger partial charge in [-0.3, -0.25) is 0 Å². The molecule has 0 radical (unpaired) electrons. The van der Waals surface area contributed by atoms with E-state index in [0.29, 0.717) is 17.5 Å². The lowest BCUT2D eigenvalue weighted by atomic mass is 9.97. The van der Waals surface area contributed by atoms with Crippen molar-refractivity contribution in [2.24, 2.45) is 0 Å². The van der Waals surface area contributed by atoms with Crippen molar-refractivity contribution in [3.8, 4) is 0 Å². The van der Waals surface area contributed by atoms with Crippen LogP contribution in [0.1, 0.15) is 32.5 Å². The van der Waals surface area contributed by atoms with Gasteiger partial charge in [-0.1, -0.05) is 37.7 Å². The fourth-order valence-corrected chi connectivity index (χ4v) is 3.25. The van der Waals surface area contributed by atoms with Crippen molar-refractivity contribution < 1.29 is 4.52 Å². The Hall–Kier alpha value is -1.47. The second-order valence-electron chi connectivity index (χ2n) is 5.37. The Bertz CT molecular complexity index is 729. The lowest BCUT2D eigenvalue weighted by Gasteiger charge is -2.10. The molecule has 0 amide bonds. The molecule has 0 bridgehead atoms. The predicted octanol–water partition coefficient (Wildman–Crippen LogP) is 3.66. The van der Waals surface area contributed by atoms with Crippen molar-refractivity contribution in [3.05, 3.63) is 29.5 Å². The second kappa shape index (κ2) is 5.14. The van der Waals surface area contributed by atoms with Crippen LogP contribution in [0.3, 0.4) is 0 Å². The highest BCUT2D eigenvalue weighted by atomic mass is 32.2. The maximum Gasteiger partial charge on any atom is 0.232 e. The average Bonchev–Trinajstić information content (AvgIpc) is 3.04. The summed E-state index contributed by atoms with van der Waals surface area (Å²) in [4.78, 5) is 14.0. The van der Waals surface area contributed by atoms with Gasteiger partial charge in [-0.05, 0) is 11.4 Å². The molecule has 3 heterocycles. The number of thiophene rings is 1. The fourth-order valence-electron chi connectivity index (χ4n) is 1.63. The van der Waals surface area contributed by atoms with Gasteiger partial charge >= 0.3 is 0 Å². The predicted molar refractivity (Wildman–Crippen MR) is 80.0 cm³/mol. The van der Waals surface area contributed by atoms with Gasteiger partial charge in [0.2, 0.25) is 5.89 Å². The fraction of sp³-hybridized carbons (Fsp3) is 0.385. The highest BCUT2D eigenvalue weighted by Gasteiger charge is 2.21. The van der Waals surface area contributed by atoms with Crippen LogP contribution in [-0.4, -0.2) is 20.1 Å². The maximum atomic E-state index is 5.28. The van der Waals surface area contributed by atoms with E-state index >= 15 is 0 Å². The summed E-state index contributed by atoms with van der Waals surface area (Å²) >= 11 is 3.22. The third-order valence-electron chi connectivity index (χ3n) is 2.67. The highest BCUT2D eigenvalue weighted by molar-refractivity contribution is 7.98. The molecule has 0 fully saturated rings. The molecule has 0 saturated carbocycles. The molecule has 3 rings (SSSR count). The number of rotatable bonds is 3. The zero-order chi connectivity index (χ0) is 14.2. The number of thioether (sulfide) groups is 1. The lowest BCUT2D eigenvalue weighted by molar-refractivity contribution is 0.319. The number of aromatic nitrogens is 4. The topological polar surface area (TPSA) is 64.7 Å². The van der Waals surface area contributed by atoms with E-state index in [-0.39, 0.29) is 5.41 Å². The molecule has 5 nitrogen and oxygen atoms in total. The van der Waals surface area contributed by atoms with Gasteiger partial charge in [-0.25, -0.2) is 9.97 Å². The number of fused-ring (bicyclic) bond motifs is 1. The van der Waals surface area contributed by atoms with Crippen LogP contribution < -0.4 is 0 Å². The van der Waals surface area contributed by atoms with Crippen molar-refractivity contribution in [1.82, 2.24) is 20.1 Å². The molecule has 0 aromatic carbocycles. The van der Waals surface area contributed by atoms with Crippen LogP contribution in [0.5, 0.6) is 0 Å². The van der Waals surface area contributed by atoms with Crippen molar-refractivity contribution >= 4 is 33.3 Å². The first-order valence-corrected chi connectivity index (χ1v) is 8.04. The molecule has 0 atom stereocenters. The zero-order valence-corrected chi connectivity index (χ0v) is 13.1. The summed E-state index contributed by atoms with van der Waals surface area (Å²) in [5, 5.41) is 8.08. The van der Waals surface area contributed by atoms with E-state index in [2.05, 4.69) is 40.9 Å². The molecule has 3 aromatic heterocycles. The molecule has 0 aliphatic heterocycles. The van der Waals surface area contributed by atoms with E-state index in [4.69, 9.17) is 4.52 Å². The lowest BCUT2D eigenvalue weighted by Crippen LogP contribution is -2.11. The third-order valence-corrected chi connectivity index (χ3v) is 4.49. The molecule has 0 aliphatic carbocycles. The molecule has 0 saturated heterocycles. The number of hydrogen-bond acceptors (Lipinski definition) is 7. The zero-order valence-electron chi connectivity index (χ0n) is 11.5. The Balaban J connectivity index is 1.76. The van der Waals surface area contributed by atoms with E-state index in [1.165, 1.54) is 0 Å². The SMILES string of the molecule is CC(C)(C)c1nc(CSc2ncnc3sccc23)no1. The van der Waals surface area contributed by atoms with E-state index in [1.54, 1.807) is 29.4 Å². The normalized spacial score (nSPS) is 12.2. The second-order valence-corrected chi connectivity index (χ2v) is 7.23. The number of nitrogens with zero attached hydrogens (tertiary/aromatic N) is 4. The van der Waals surface area contributed by atoms with Gasteiger partial charge in [0, 0.05) is 10.8 Å². The van der Waals surface area contributed by atoms with E-state index < -0.39 is 0 Å². The van der Waals surface area contributed by atoms with Crippen LogP contribution >= 0.6 is 23.1 Å². The summed E-state index contributed by atoms with van der Waals surface area (Å²) in [7, 11) is 0. The van der Waals surface area contributed by atoms with Crippen molar-refractivity contribution in [2.45, 2.75) is 37.0 Å². The van der Waals surface area contributed by atoms with Gasteiger partial charge in [0.1, 0.15) is 16.2 Å². The molecule has 0 N–H and O–H groups in total. The molecular formula is C13H14N4OS2. The Morgan fingerprint density at radius 3 is 2.90 bits per heavy atom. The Morgan fingerprint density at radius 2 is 2.15 bits per heavy atom. The molecule has 0 spiro atoms. The third kappa shape index (κ3) is 2.69. The number of hydrogen-bond donors (Lipinski definition) is 0. The van der Waals surface area contributed by atoms with E-state index in [0.717, 1.165) is 15.2 Å². The summed E-state index contributed by atoms with van der Waals surface area (Å²) in [6.45, 7) is 6.16. The summed E-state index contributed by atoms with van der Waals surface area (Å²) in [5.74, 6) is 2.00. The first-order chi connectivity index (χ1) is 9.54. The first kappa shape index (κ1) is 13.5. The molecule has 20 heavy (non-hydrogen) atoms. The summed E-state index contributed by atoms with van der Waals surface area (Å²) in [6, 6.07) is 2.04. The van der Waals surface area contributed by atoms with Crippen molar-refractivity contribution in [2.75, 3.05) is 0 Å². The summed E-state index contributed by atoms with van der Waals surface area (Å²) in [5.41, 5.74) is -0.120. The average molecular weight is 306 g/mol. The minimum absolute atomic E-state index is 0.120. The monoisotopic (exact) mass is 306 g/mol. The van der Waals surface area contributed by atoms with Crippen LogP contribution in [0, 0.1) is 0 Å². The molecule has 3 aromatic rings. The molecule has 0 unspecified atom stereocenters. The van der Waals surface area contributed by atoms with Crippen LogP contribution in [0.2, 0.25) is 0 Å². The Kier molecular flexibility index (Phi) is 3.47. The molecule has 7 heteroatoms. The van der Waals surface area contributed by atoms with Gasteiger partial charge in [-0.2, -0.15) is 4.98 Å². The van der Waals surface area contributed by atoms with Gasteiger partial charge < -0.3 is 4.52 Å². The van der Waals surface area contributed by atoms with Gasteiger partial charge in [0.15, 0.2) is 5.82 Å². The van der Waals surface area contributed by atoms with Crippen molar-refractivity contribution in [3.63, 3.8) is 0 Å². The van der Waals surface area contributed by atoms with Crippen LogP contribution in [0.25, 0.3) is 10.2 Å². The largest absolute Gasteiger partial charge is 0.339 e. The quantitative estimate of drug-likeness (QED) is 0.543. The van der Waals surface area contributed by atoms with Crippen LogP contribution in [0.15, 0.2) is 27.3 Å². The minimum atomic E-state index is -0.120. The highest BCUT2D eigenvalue weighted by Crippen LogP contribution is 2.29. The molecule has 0 aliphatic rings. The summed E-state index contributed by atoms with van der Waals surface area (Å²) < 4.78 is 5.28. The van der Waals surface area contributed by atoms with Crippen LogP contribution in [-0.2, 0) is 11.2 Å². The smallest absolute Gasteiger partial charge is 0.232 e. The Morgan fingerprint density at radius 1 is 1.30 bits per heavy atom. The van der Waals surface area contributed by atoms with Crippen molar-refractivity contribution in [1.29, 1.82) is 0 Å². The van der Waals surface area contributed by atoms with Gasteiger partial charge in [0.25, 0.3) is 0 Å². The standard InChI is InChI=1S/C13H14N4OS2/c1-13(2,3)12-16-9(17-18-12)6-20-11-8-4-5-19-10(8)14-7-15-11/h4-5,7H,6H2,1-3H3. The maximum absolute atomic E-state index is 5.28. The molecule has 104 valence electrons. The summed E-state index contributed by atoms with van der Waals surface area (Å²) in [6.07, 6.45) is 1.60. The van der Waals surface area contributed by atoms with Gasteiger partial charge in [0.05, 0.1) is 5.75 Å².